The molecular weight excluding hydrogens is 303 g/mol. The van der Waals surface area contributed by atoms with E-state index in [4.69, 9.17) is 14.0 Å². The molecule has 0 spiro atoms. The second-order valence-corrected chi connectivity index (χ2v) is 8.43. The molecule has 0 radical (unpaired) electrons. The van der Waals surface area contributed by atoms with Crippen LogP contribution in [0.4, 0.5) is 0 Å². The third kappa shape index (κ3) is 4.39. The second-order valence-electron chi connectivity index (χ2n) is 8.43. The van der Waals surface area contributed by atoms with Gasteiger partial charge in [-0.3, -0.25) is 4.79 Å². The lowest BCUT2D eigenvalue weighted by Gasteiger charge is -2.32. The summed E-state index contributed by atoms with van der Waals surface area (Å²) in [5.41, 5.74) is -0.354. The van der Waals surface area contributed by atoms with Gasteiger partial charge in [0.2, 0.25) is 0 Å². The summed E-state index contributed by atoms with van der Waals surface area (Å²) in [6, 6.07) is 9.88. The van der Waals surface area contributed by atoms with Gasteiger partial charge in [-0.05, 0) is 54.0 Å². The van der Waals surface area contributed by atoms with Gasteiger partial charge in [-0.25, -0.2) is 0 Å². The average Bonchev–Trinajstić information content (AvgIpc) is 2.63. The van der Waals surface area contributed by atoms with Gasteiger partial charge in [0.05, 0.1) is 17.6 Å². The van der Waals surface area contributed by atoms with Gasteiger partial charge in [-0.15, -0.1) is 0 Å². The first-order chi connectivity index (χ1) is 10.9. The summed E-state index contributed by atoms with van der Waals surface area (Å²) in [5.74, 6) is -0.451. The largest absolute Gasteiger partial charge is 0.466 e. The number of rotatable bonds is 4. The van der Waals surface area contributed by atoms with Crippen LogP contribution in [0, 0.1) is 0 Å². The normalized spacial score (nSPS) is 20.7. The third-order valence-corrected chi connectivity index (χ3v) is 4.63. The number of carbonyl (C=O) groups is 1. The van der Waals surface area contributed by atoms with Crippen LogP contribution >= 0.6 is 0 Å². The van der Waals surface area contributed by atoms with Crippen LogP contribution < -0.4 is 0 Å². The molecule has 1 aromatic carbocycles. The molecule has 0 saturated carbocycles. The van der Waals surface area contributed by atoms with Crippen LogP contribution in [-0.2, 0) is 18.8 Å². The fourth-order valence-electron chi connectivity index (χ4n) is 2.69. The van der Waals surface area contributed by atoms with Crippen LogP contribution in [0.2, 0.25) is 0 Å². The summed E-state index contributed by atoms with van der Waals surface area (Å²) in [5, 5.41) is 0. The van der Waals surface area contributed by atoms with Crippen molar-refractivity contribution in [2.45, 2.75) is 77.5 Å². The molecule has 1 fully saturated rings. The molecule has 1 aliphatic heterocycles. The first-order valence-corrected chi connectivity index (χ1v) is 8.54. The third-order valence-electron chi connectivity index (χ3n) is 4.63. The van der Waals surface area contributed by atoms with Crippen molar-refractivity contribution in [2.24, 2.45) is 0 Å². The highest BCUT2D eigenvalue weighted by Gasteiger charge is 2.54. The molecule has 1 heterocycles. The Morgan fingerprint density at radius 1 is 1.08 bits per heavy atom. The zero-order chi connectivity index (χ0) is 18.2. The molecule has 0 aliphatic carbocycles. The van der Waals surface area contributed by atoms with Gasteiger partial charge in [0.1, 0.15) is 5.60 Å². The fourth-order valence-corrected chi connectivity index (χ4v) is 2.69. The highest BCUT2D eigenvalue weighted by molar-refractivity contribution is 6.48. The molecule has 2 rings (SSSR count). The predicted molar refractivity (Wildman–Crippen MR) is 95.7 cm³/mol. The van der Waals surface area contributed by atoms with Gasteiger partial charge in [0.25, 0.3) is 0 Å². The standard InChI is InChI=1S/C19H29BO4/c1-17(2,3)22-16(21)13-15(14-11-9-8-10-12-14)20-23-18(4,5)19(6,7)24-20/h8-12,15H,13H2,1-7H3/t15-/m0/s1. The molecular formula is C19H29BO4. The van der Waals surface area contributed by atoms with Crippen LogP contribution in [0.15, 0.2) is 30.3 Å². The van der Waals surface area contributed by atoms with E-state index in [1.165, 1.54) is 0 Å². The van der Waals surface area contributed by atoms with Gasteiger partial charge in [-0.2, -0.15) is 0 Å². The number of benzene rings is 1. The first-order valence-electron chi connectivity index (χ1n) is 8.54. The lowest BCUT2D eigenvalue weighted by molar-refractivity contribution is -0.155. The van der Waals surface area contributed by atoms with Crippen molar-refractivity contribution >= 4 is 13.1 Å². The monoisotopic (exact) mass is 332 g/mol. The van der Waals surface area contributed by atoms with Crippen LogP contribution in [0.5, 0.6) is 0 Å². The van der Waals surface area contributed by atoms with E-state index in [-0.39, 0.29) is 18.2 Å². The lowest BCUT2D eigenvalue weighted by atomic mass is 9.66. The number of carbonyl (C=O) groups excluding carboxylic acids is 1. The Balaban J connectivity index is 2.24. The lowest BCUT2D eigenvalue weighted by Crippen LogP contribution is -2.41. The summed E-state index contributed by atoms with van der Waals surface area (Å²) in [6.07, 6.45) is 0.220. The maximum Gasteiger partial charge on any atom is 0.466 e. The summed E-state index contributed by atoms with van der Waals surface area (Å²) in [4.78, 5) is 12.4. The molecule has 1 saturated heterocycles. The van der Waals surface area contributed by atoms with Crippen molar-refractivity contribution in [1.29, 1.82) is 0 Å². The molecule has 0 aromatic heterocycles. The summed E-state index contributed by atoms with van der Waals surface area (Å²) in [7, 11) is -0.482. The Labute approximate surface area is 146 Å². The Kier molecular flexibility index (Phi) is 5.17. The van der Waals surface area contributed by atoms with Crippen molar-refractivity contribution < 1.29 is 18.8 Å². The Morgan fingerprint density at radius 2 is 1.58 bits per heavy atom. The van der Waals surface area contributed by atoms with Gasteiger partial charge in [0, 0.05) is 5.82 Å². The number of esters is 1. The van der Waals surface area contributed by atoms with Crippen LogP contribution in [0.1, 0.15) is 66.3 Å². The zero-order valence-corrected chi connectivity index (χ0v) is 15.9. The number of hydrogen-bond acceptors (Lipinski definition) is 4. The summed E-state index contributed by atoms with van der Waals surface area (Å²) in [6.45, 7) is 13.7. The van der Waals surface area contributed by atoms with E-state index < -0.39 is 23.9 Å². The zero-order valence-electron chi connectivity index (χ0n) is 15.9. The van der Waals surface area contributed by atoms with Crippen molar-refractivity contribution in [3.8, 4) is 0 Å². The van der Waals surface area contributed by atoms with Gasteiger partial charge < -0.3 is 14.0 Å². The average molecular weight is 332 g/mol. The van der Waals surface area contributed by atoms with Gasteiger partial charge >= 0.3 is 13.1 Å². The van der Waals surface area contributed by atoms with Crippen molar-refractivity contribution in [2.75, 3.05) is 0 Å². The molecule has 132 valence electrons. The summed E-state index contributed by atoms with van der Waals surface area (Å²) < 4.78 is 17.9. The minimum atomic E-state index is -0.506. The molecule has 1 atom stereocenters. The number of hydrogen-bond donors (Lipinski definition) is 0. The SMILES string of the molecule is CC(C)(C)OC(=O)C[C@H](B1OC(C)(C)C(C)(C)O1)c1ccccc1. The van der Waals surface area contributed by atoms with E-state index in [2.05, 4.69) is 0 Å². The summed E-state index contributed by atoms with van der Waals surface area (Å²) >= 11 is 0. The van der Waals surface area contributed by atoms with E-state index >= 15 is 0 Å². The Morgan fingerprint density at radius 3 is 2.04 bits per heavy atom. The van der Waals surface area contributed by atoms with Crippen LogP contribution in [0.3, 0.4) is 0 Å². The maximum absolute atomic E-state index is 12.4. The molecule has 0 N–H and O–H groups in total. The van der Waals surface area contributed by atoms with E-state index in [1.807, 2.05) is 78.8 Å². The smallest absolute Gasteiger partial charge is 0.460 e. The minimum Gasteiger partial charge on any atom is -0.460 e. The predicted octanol–water partition coefficient (Wildman–Crippen LogP) is 4.13. The quantitative estimate of drug-likeness (QED) is 0.614. The molecule has 1 aromatic rings. The Hall–Kier alpha value is -1.33. The van der Waals surface area contributed by atoms with Gasteiger partial charge in [-0.1, -0.05) is 30.3 Å². The van der Waals surface area contributed by atoms with Crippen molar-refractivity contribution in [3.63, 3.8) is 0 Å². The maximum atomic E-state index is 12.4. The molecule has 5 heteroatoms. The van der Waals surface area contributed by atoms with E-state index in [1.54, 1.807) is 0 Å². The first kappa shape index (κ1) is 19.0. The fraction of sp³-hybridized carbons (Fsp3) is 0.632. The highest BCUT2D eigenvalue weighted by Crippen LogP contribution is 2.41. The minimum absolute atomic E-state index is 0.206. The van der Waals surface area contributed by atoms with Crippen molar-refractivity contribution in [3.05, 3.63) is 35.9 Å². The highest BCUT2D eigenvalue weighted by atomic mass is 16.7. The molecule has 0 amide bonds. The van der Waals surface area contributed by atoms with E-state index in [9.17, 15) is 4.79 Å². The van der Waals surface area contributed by atoms with Crippen molar-refractivity contribution in [1.82, 2.24) is 0 Å². The molecule has 0 unspecified atom stereocenters. The topological polar surface area (TPSA) is 44.8 Å². The van der Waals surface area contributed by atoms with E-state index in [0.717, 1.165) is 5.56 Å². The van der Waals surface area contributed by atoms with Crippen LogP contribution in [-0.4, -0.2) is 29.9 Å². The Bertz CT molecular complexity index is 559. The van der Waals surface area contributed by atoms with Gasteiger partial charge in [0.15, 0.2) is 0 Å². The molecule has 0 bridgehead atoms. The molecule has 24 heavy (non-hydrogen) atoms. The van der Waals surface area contributed by atoms with Crippen LogP contribution in [0.25, 0.3) is 0 Å². The molecule has 1 aliphatic rings. The number of ether oxygens (including phenoxy) is 1. The second kappa shape index (κ2) is 6.53. The van der Waals surface area contributed by atoms with E-state index in [0.29, 0.717) is 0 Å². The molecule has 4 nitrogen and oxygen atoms in total.